The minimum atomic E-state index is -0.601. The standard InChI is InChI=1S/C48H73N2O10.BrH/c1-9-33-15-13-16-41(60-43-20-19-40(30(3)56-43)49(5)21-14-24-50-22-11-10-12-23-50)29(2)44(52)39-27-37-35(38(39)28-42(51)58-33)18-17-32-25-34(26-36(32)37)59-48-47(55-8)46(54-7)45(53-6)31(4)57-48;/h10-12,17-18,22-23,27,29-38,40-41,43,45-48H,9,13-16,19-21,24-26,28H2,1-8H3;1H/q+1;/p-1/t29-,30-,31+,32-,33+,34-,35-,36-,37-,38+,40+,41+,43+,45+,46-,47-,48+;/m1./s1. The summed E-state index contributed by atoms with van der Waals surface area (Å²) < 4.78 is 52.3. The molecule has 1 aromatic rings. The van der Waals surface area contributed by atoms with E-state index in [2.05, 4.69) is 73.1 Å². The van der Waals surface area contributed by atoms with E-state index in [0.717, 1.165) is 70.0 Å². The van der Waals surface area contributed by atoms with Crippen molar-refractivity contribution in [3.63, 3.8) is 0 Å². The van der Waals surface area contributed by atoms with Gasteiger partial charge in [-0.25, -0.2) is 4.57 Å². The van der Waals surface area contributed by atoms with Crippen LogP contribution in [0.4, 0.5) is 0 Å². The SMILES string of the molecule is CC[C@H]1CCC[C@H](O[C@H]2CC[C@H](N(C)CCC[n+]3ccccc3)[C@@H](C)O2)[C@@H](C)C(=O)C2=C[C@@H]3[C@@H](C=C[C@@H]4C[C@@H](O[C@@H]5O[C@@H](C)[C@H](OC)[C@@H](OC)[C@H]5OC)C[C@@H]34)[C@@H]2CC(=O)O1.[Br-]. The molecule has 0 unspecified atom stereocenters. The molecule has 13 heteroatoms. The van der Waals surface area contributed by atoms with Gasteiger partial charge in [-0.2, -0.15) is 0 Å². The van der Waals surface area contributed by atoms with Gasteiger partial charge in [0.25, 0.3) is 0 Å². The lowest BCUT2D eigenvalue weighted by Crippen LogP contribution is -3.00. The van der Waals surface area contributed by atoms with E-state index in [0.29, 0.717) is 12.5 Å². The van der Waals surface area contributed by atoms with Gasteiger partial charge in [0.2, 0.25) is 0 Å². The van der Waals surface area contributed by atoms with Crippen molar-refractivity contribution < 1.29 is 69.0 Å². The molecule has 17 atom stereocenters. The summed E-state index contributed by atoms with van der Waals surface area (Å²) in [5.41, 5.74) is 0.761. The number of ketones is 1. The van der Waals surface area contributed by atoms with E-state index < -0.39 is 12.4 Å². The van der Waals surface area contributed by atoms with Gasteiger partial charge in [-0.05, 0) is 102 Å². The fraction of sp³-hybridized carbons (Fsp3) is 0.771. The van der Waals surface area contributed by atoms with Crippen molar-refractivity contribution in [2.45, 2.75) is 166 Å². The Morgan fingerprint density at radius 3 is 2.30 bits per heavy atom. The summed E-state index contributed by atoms with van der Waals surface area (Å²) in [5, 5.41) is 0. The third-order valence-corrected chi connectivity index (χ3v) is 14.9. The lowest BCUT2D eigenvalue weighted by Gasteiger charge is -2.44. The number of aryl methyl sites for hydroxylation is 1. The molecule has 3 aliphatic heterocycles. The first-order chi connectivity index (χ1) is 29.0. The Kier molecular flexibility index (Phi) is 17.6. The van der Waals surface area contributed by atoms with E-state index in [1.165, 1.54) is 0 Å². The lowest BCUT2D eigenvalue weighted by molar-refractivity contribution is -0.697. The van der Waals surface area contributed by atoms with Crippen molar-refractivity contribution in [2.75, 3.05) is 34.9 Å². The van der Waals surface area contributed by atoms with Crippen LogP contribution in [0.1, 0.15) is 91.9 Å². The van der Waals surface area contributed by atoms with Gasteiger partial charge in [0.1, 0.15) is 31.0 Å². The number of pyridine rings is 1. The average molecular weight is 918 g/mol. The number of allylic oxidation sites excluding steroid dienone is 4. The van der Waals surface area contributed by atoms with Gasteiger partial charge in [0.15, 0.2) is 30.8 Å². The molecule has 4 fully saturated rings. The molecule has 7 rings (SSSR count). The number of aromatic nitrogens is 1. The Balaban J connectivity index is 0.00000622. The van der Waals surface area contributed by atoms with Gasteiger partial charge in [-0.15, -0.1) is 0 Å². The zero-order valence-corrected chi connectivity index (χ0v) is 39.4. The summed E-state index contributed by atoms with van der Waals surface area (Å²) in [5.74, 6) is -0.0604. The summed E-state index contributed by atoms with van der Waals surface area (Å²) in [6.45, 7) is 10.2. The number of hydrogen-bond acceptors (Lipinski definition) is 11. The molecule has 0 N–H and O–H groups in total. The number of carbonyl (C=O) groups excluding carboxylic acids is 2. The molecular weight excluding hydrogens is 844 g/mol. The summed E-state index contributed by atoms with van der Waals surface area (Å²) in [6.07, 6.45) is 15.9. The first-order valence-corrected chi connectivity index (χ1v) is 23.0. The molecule has 0 bridgehead atoms. The van der Waals surface area contributed by atoms with Gasteiger partial charge in [-0.1, -0.05) is 38.1 Å². The second kappa shape index (κ2) is 22.2. The van der Waals surface area contributed by atoms with Crippen LogP contribution >= 0.6 is 0 Å². The first-order valence-electron chi connectivity index (χ1n) is 23.0. The highest BCUT2D eigenvalue weighted by molar-refractivity contribution is 5.99. The summed E-state index contributed by atoms with van der Waals surface area (Å²) >= 11 is 0. The van der Waals surface area contributed by atoms with Gasteiger partial charge in [0.05, 0.1) is 30.8 Å². The molecule has 4 heterocycles. The van der Waals surface area contributed by atoms with E-state index in [1.807, 2.05) is 19.9 Å². The molecule has 12 nitrogen and oxygen atoms in total. The minimum Gasteiger partial charge on any atom is -1.00 e. The van der Waals surface area contributed by atoms with Gasteiger partial charge >= 0.3 is 5.97 Å². The van der Waals surface area contributed by atoms with Gasteiger partial charge < -0.3 is 59.8 Å². The number of esters is 1. The Morgan fingerprint density at radius 2 is 1.59 bits per heavy atom. The predicted octanol–water partition coefficient (Wildman–Crippen LogP) is 3.24. The van der Waals surface area contributed by atoms with Crippen molar-refractivity contribution >= 4 is 11.8 Å². The zero-order valence-electron chi connectivity index (χ0n) is 37.8. The molecule has 0 spiro atoms. The Bertz CT molecular complexity index is 1630. The Labute approximate surface area is 375 Å². The number of Topliss-reactive ketones (excluding diaryl/α,β-unsaturated/α-hetero) is 1. The second-order valence-electron chi connectivity index (χ2n) is 18.5. The van der Waals surface area contributed by atoms with E-state index in [-0.39, 0.29) is 120 Å². The molecule has 1 aromatic heterocycles. The Hall–Kier alpha value is -2.07. The van der Waals surface area contributed by atoms with Crippen LogP contribution in [-0.2, 0) is 54.0 Å². The van der Waals surface area contributed by atoms with E-state index in [9.17, 15) is 9.59 Å². The number of methoxy groups -OCH3 is 3. The maximum Gasteiger partial charge on any atom is 0.306 e. The van der Waals surface area contributed by atoms with Crippen molar-refractivity contribution in [1.29, 1.82) is 0 Å². The highest BCUT2D eigenvalue weighted by Gasteiger charge is 2.53. The van der Waals surface area contributed by atoms with Crippen molar-refractivity contribution in [3.05, 3.63) is 54.4 Å². The van der Waals surface area contributed by atoms with Gasteiger partial charge in [-0.3, -0.25) is 9.59 Å². The van der Waals surface area contributed by atoms with Crippen LogP contribution in [-0.4, -0.2) is 119 Å². The van der Waals surface area contributed by atoms with Crippen LogP contribution in [0.15, 0.2) is 54.4 Å². The fourth-order valence-corrected chi connectivity index (χ4v) is 11.6. The molecule has 342 valence electrons. The topological polar surface area (TPSA) is 115 Å². The highest BCUT2D eigenvalue weighted by Crippen LogP contribution is 2.54. The summed E-state index contributed by atoms with van der Waals surface area (Å²) in [6, 6.07) is 6.48. The minimum absolute atomic E-state index is 0. The number of ether oxygens (including phenoxy) is 8. The van der Waals surface area contributed by atoms with Crippen molar-refractivity contribution in [2.24, 2.45) is 35.5 Å². The maximum absolute atomic E-state index is 14.9. The zero-order chi connectivity index (χ0) is 42.5. The number of halogens is 1. The van der Waals surface area contributed by atoms with Crippen LogP contribution in [0.25, 0.3) is 0 Å². The number of carbonyl (C=O) groups is 2. The summed E-state index contributed by atoms with van der Waals surface area (Å²) in [7, 11) is 7.18. The van der Waals surface area contributed by atoms with Crippen LogP contribution in [0, 0.1) is 35.5 Å². The molecule has 6 aliphatic rings. The van der Waals surface area contributed by atoms with E-state index in [4.69, 9.17) is 37.9 Å². The van der Waals surface area contributed by atoms with Gasteiger partial charge in [0, 0.05) is 64.3 Å². The number of fused-ring (bicyclic) bond motifs is 5. The van der Waals surface area contributed by atoms with Crippen LogP contribution in [0.2, 0.25) is 0 Å². The van der Waals surface area contributed by atoms with Crippen LogP contribution in [0.3, 0.4) is 0 Å². The molecule has 0 aromatic carbocycles. The van der Waals surface area contributed by atoms with E-state index >= 15 is 0 Å². The molecule has 3 saturated heterocycles. The second-order valence-corrected chi connectivity index (χ2v) is 18.5. The maximum atomic E-state index is 14.9. The van der Waals surface area contributed by atoms with E-state index in [1.54, 1.807) is 21.3 Å². The highest BCUT2D eigenvalue weighted by atomic mass is 79.9. The molecule has 1 saturated carbocycles. The summed E-state index contributed by atoms with van der Waals surface area (Å²) in [4.78, 5) is 30.9. The number of likely N-dealkylation sites (N-methyl/N-ethyl adjacent to an activating group) is 1. The Morgan fingerprint density at radius 1 is 0.836 bits per heavy atom. The van der Waals surface area contributed by atoms with Crippen LogP contribution in [0.5, 0.6) is 0 Å². The number of hydrogen-bond donors (Lipinski definition) is 0. The predicted molar refractivity (Wildman–Crippen MR) is 224 cm³/mol. The third kappa shape index (κ3) is 11.1. The van der Waals surface area contributed by atoms with Crippen molar-refractivity contribution in [1.82, 2.24) is 4.90 Å². The quantitative estimate of drug-likeness (QED) is 0.165. The largest absolute Gasteiger partial charge is 1.00 e. The number of nitrogens with zero attached hydrogens (tertiary/aromatic N) is 2. The molecule has 61 heavy (non-hydrogen) atoms. The third-order valence-electron chi connectivity index (χ3n) is 14.9. The normalized spacial score (nSPS) is 40.5. The monoisotopic (exact) mass is 916 g/mol. The van der Waals surface area contributed by atoms with Crippen molar-refractivity contribution in [3.8, 4) is 0 Å². The number of cyclic esters (lactones) is 1. The molecule has 0 amide bonds. The fourth-order valence-electron chi connectivity index (χ4n) is 11.6. The molecule has 0 radical (unpaired) electrons. The smallest absolute Gasteiger partial charge is 0.306 e. The lowest BCUT2D eigenvalue weighted by atomic mass is 9.70. The average Bonchev–Trinajstić information content (AvgIpc) is 3.83. The molecule has 3 aliphatic carbocycles. The first kappa shape index (κ1) is 48.4. The number of rotatable bonds is 13. The van der Waals surface area contributed by atoms with Crippen LogP contribution < -0.4 is 21.5 Å². The molecular formula is C48H73BrN2O10.